The molecular formula is C7H14N5O2+. The van der Waals surface area contributed by atoms with Crippen LogP contribution in [-0.2, 0) is 0 Å². The molecule has 1 fully saturated rings. The second-order valence-electron chi connectivity index (χ2n) is 3.44. The molecule has 0 radical (unpaired) electrons. The molecule has 0 aromatic carbocycles. The van der Waals surface area contributed by atoms with Crippen LogP contribution in [0.5, 0.6) is 0 Å². The number of piperidine rings is 1. The van der Waals surface area contributed by atoms with E-state index in [1.54, 1.807) is 0 Å². The number of hydrogen-bond acceptors (Lipinski definition) is 2. The average Bonchev–Trinajstić information content (AvgIpc) is 2.15. The van der Waals surface area contributed by atoms with E-state index in [1.807, 2.05) is 0 Å². The molecule has 0 aliphatic carbocycles. The predicted octanol–water partition coefficient (Wildman–Crippen LogP) is 1.44. The highest BCUT2D eigenvalue weighted by molar-refractivity contribution is 5.62. The van der Waals surface area contributed by atoms with Crippen molar-refractivity contribution in [2.24, 2.45) is 5.11 Å². The van der Waals surface area contributed by atoms with E-state index in [4.69, 9.17) is 10.6 Å². The van der Waals surface area contributed by atoms with Crippen molar-refractivity contribution in [3.63, 3.8) is 0 Å². The maximum atomic E-state index is 10.6. The minimum atomic E-state index is -1.07. The minimum Gasteiger partial charge on any atom is -0.462 e. The number of hydrogen-bond donors (Lipinski definition) is 2. The third-order valence-electron chi connectivity index (χ3n) is 2.40. The van der Waals surface area contributed by atoms with E-state index in [-0.39, 0.29) is 11.3 Å². The summed E-state index contributed by atoms with van der Waals surface area (Å²) in [6, 6.07) is 0. The maximum absolute atomic E-state index is 10.6. The molecule has 0 atom stereocenters. The molecule has 0 unspecified atom stereocenters. The summed E-state index contributed by atoms with van der Waals surface area (Å²) < 4.78 is 0.166. The van der Waals surface area contributed by atoms with Gasteiger partial charge < -0.3 is 5.11 Å². The number of likely N-dealkylation sites (tertiary alicyclic amines) is 1. The molecular weight excluding hydrogens is 186 g/mol. The molecule has 1 amide bonds. The quantitative estimate of drug-likeness (QED) is 0.312. The standard InChI is InChI=1S/C7H13N5O2/c8-11-9-6-12(10-7(13)14)4-2-1-3-5-12/h10H,1-6H2/p+1. The van der Waals surface area contributed by atoms with E-state index in [9.17, 15) is 4.79 Å². The van der Waals surface area contributed by atoms with Gasteiger partial charge >= 0.3 is 6.09 Å². The lowest BCUT2D eigenvalue weighted by Gasteiger charge is -2.37. The largest absolute Gasteiger partial charge is 0.462 e. The zero-order valence-electron chi connectivity index (χ0n) is 7.89. The molecule has 1 aliphatic rings. The van der Waals surface area contributed by atoms with Gasteiger partial charge in [0.2, 0.25) is 0 Å². The van der Waals surface area contributed by atoms with E-state index in [0.29, 0.717) is 13.1 Å². The summed E-state index contributed by atoms with van der Waals surface area (Å²) in [5.74, 6) is 0. The summed E-state index contributed by atoms with van der Waals surface area (Å²) in [5, 5.41) is 12.1. The lowest BCUT2D eigenvalue weighted by Crippen LogP contribution is -2.62. The van der Waals surface area contributed by atoms with Crippen LogP contribution < -0.4 is 5.43 Å². The van der Waals surface area contributed by atoms with Crippen LogP contribution >= 0.6 is 0 Å². The van der Waals surface area contributed by atoms with Gasteiger partial charge in [0, 0.05) is 4.91 Å². The Morgan fingerprint density at radius 1 is 1.50 bits per heavy atom. The first kappa shape index (κ1) is 10.6. The van der Waals surface area contributed by atoms with Crippen LogP contribution in [-0.4, -0.2) is 35.6 Å². The lowest BCUT2D eigenvalue weighted by molar-refractivity contribution is -0.965. The van der Waals surface area contributed by atoms with Crippen molar-refractivity contribution in [1.82, 2.24) is 5.43 Å². The summed E-state index contributed by atoms with van der Waals surface area (Å²) in [7, 11) is 0. The second kappa shape index (κ2) is 4.69. The summed E-state index contributed by atoms with van der Waals surface area (Å²) in [5.41, 5.74) is 10.6. The molecule has 0 bridgehead atoms. The van der Waals surface area contributed by atoms with Gasteiger partial charge in [0.25, 0.3) is 0 Å². The van der Waals surface area contributed by atoms with E-state index in [1.165, 1.54) is 0 Å². The van der Waals surface area contributed by atoms with Crippen LogP contribution in [0.4, 0.5) is 4.79 Å². The number of nitrogens with zero attached hydrogens (tertiary/aromatic N) is 4. The highest BCUT2D eigenvalue weighted by atomic mass is 16.4. The van der Waals surface area contributed by atoms with E-state index < -0.39 is 6.09 Å². The number of amides is 1. The Balaban J connectivity index is 2.65. The molecule has 7 nitrogen and oxygen atoms in total. The van der Waals surface area contributed by atoms with Gasteiger partial charge in [-0.15, -0.1) is 0 Å². The summed E-state index contributed by atoms with van der Waals surface area (Å²) >= 11 is 0. The molecule has 78 valence electrons. The fourth-order valence-corrected chi connectivity index (χ4v) is 1.76. The summed E-state index contributed by atoms with van der Waals surface area (Å²) in [4.78, 5) is 13.2. The normalized spacial score (nSPS) is 19.4. The fourth-order valence-electron chi connectivity index (χ4n) is 1.76. The zero-order chi connectivity index (χ0) is 10.4. The van der Waals surface area contributed by atoms with Crippen molar-refractivity contribution in [3.8, 4) is 0 Å². The first-order chi connectivity index (χ1) is 6.68. The predicted molar refractivity (Wildman–Crippen MR) is 49.0 cm³/mol. The molecule has 0 saturated carbocycles. The number of carboxylic acid groups (broad SMARTS) is 1. The molecule has 1 aliphatic heterocycles. The van der Waals surface area contributed by atoms with Gasteiger partial charge in [-0.1, -0.05) is 0 Å². The first-order valence-electron chi connectivity index (χ1n) is 4.57. The zero-order valence-corrected chi connectivity index (χ0v) is 7.89. The van der Waals surface area contributed by atoms with Gasteiger partial charge in [-0.05, 0) is 29.9 Å². The van der Waals surface area contributed by atoms with Crippen LogP contribution in [0.25, 0.3) is 10.4 Å². The van der Waals surface area contributed by atoms with Crippen molar-refractivity contribution in [2.45, 2.75) is 19.3 Å². The lowest BCUT2D eigenvalue weighted by atomic mass is 10.1. The Bertz CT molecular complexity index is 249. The van der Waals surface area contributed by atoms with Gasteiger partial charge in [0.15, 0.2) is 6.67 Å². The highest BCUT2D eigenvalue weighted by Crippen LogP contribution is 2.15. The Morgan fingerprint density at radius 3 is 2.64 bits per heavy atom. The third kappa shape index (κ3) is 2.79. The first-order valence-corrected chi connectivity index (χ1v) is 4.57. The molecule has 1 saturated heterocycles. The summed E-state index contributed by atoms with van der Waals surface area (Å²) in [6.07, 6.45) is 1.96. The third-order valence-corrected chi connectivity index (χ3v) is 2.40. The van der Waals surface area contributed by atoms with E-state index in [2.05, 4.69) is 15.5 Å². The molecule has 7 heteroatoms. The Morgan fingerprint density at radius 2 is 2.14 bits per heavy atom. The molecule has 2 N–H and O–H groups in total. The monoisotopic (exact) mass is 200 g/mol. The second-order valence-corrected chi connectivity index (χ2v) is 3.44. The van der Waals surface area contributed by atoms with Gasteiger partial charge in [-0.2, -0.15) is 5.43 Å². The highest BCUT2D eigenvalue weighted by Gasteiger charge is 2.31. The molecule has 0 aromatic rings. The molecule has 0 spiro atoms. The number of quaternary nitrogens is 1. The van der Waals surface area contributed by atoms with Gasteiger partial charge in [0.05, 0.1) is 0 Å². The van der Waals surface area contributed by atoms with E-state index in [0.717, 1.165) is 19.3 Å². The van der Waals surface area contributed by atoms with Crippen LogP contribution in [0.3, 0.4) is 0 Å². The SMILES string of the molecule is [N-]=[N+]=NC[N+]1(NC(=O)O)CCCCC1. The number of carbonyl (C=O) groups is 1. The van der Waals surface area contributed by atoms with Crippen LogP contribution in [0.1, 0.15) is 19.3 Å². The Hall–Kier alpha value is -1.46. The van der Waals surface area contributed by atoms with Crippen molar-refractivity contribution in [1.29, 1.82) is 0 Å². The number of rotatable bonds is 3. The van der Waals surface area contributed by atoms with Crippen molar-refractivity contribution >= 4 is 6.09 Å². The van der Waals surface area contributed by atoms with Crippen LogP contribution in [0, 0.1) is 0 Å². The summed E-state index contributed by atoms with van der Waals surface area (Å²) in [6.45, 7) is 1.56. The fraction of sp³-hybridized carbons (Fsp3) is 0.857. The number of azide groups is 1. The Labute approximate surface area is 81.5 Å². The topological polar surface area (TPSA) is 98.1 Å². The van der Waals surface area contributed by atoms with Crippen molar-refractivity contribution in [2.75, 3.05) is 19.8 Å². The molecule has 0 aromatic heterocycles. The van der Waals surface area contributed by atoms with E-state index >= 15 is 0 Å². The van der Waals surface area contributed by atoms with Crippen molar-refractivity contribution < 1.29 is 14.5 Å². The van der Waals surface area contributed by atoms with Crippen molar-refractivity contribution in [3.05, 3.63) is 10.4 Å². The molecule has 14 heavy (non-hydrogen) atoms. The van der Waals surface area contributed by atoms with Gasteiger partial charge in [-0.3, -0.25) is 0 Å². The smallest absolute Gasteiger partial charge is 0.449 e. The number of nitrogens with one attached hydrogen (secondary N) is 1. The maximum Gasteiger partial charge on any atom is 0.449 e. The average molecular weight is 200 g/mol. The molecule has 1 rings (SSSR count). The Kier molecular flexibility index (Phi) is 3.55. The van der Waals surface area contributed by atoms with Crippen LogP contribution in [0.2, 0.25) is 0 Å². The molecule has 1 heterocycles. The van der Waals surface area contributed by atoms with Crippen LogP contribution in [0.15, 0.2) is 5.11 Å². The minimum absolute atomic E-state index is 0.156. The van der Waals surface area contributed by atoms with Gasteiger partial charge in [0.1, 0.15) is 13.1 Å². The van der Waals surface area contributed by atoms with Gasteiger partial charge in [-0.25, -0.2) is 9.39 Å².